The molecule has 0 radical (unpaired) electrons. The maximum absolute atomic E-state index is 6.11. The van der Waals surface area contributed by atoms with Gasteiger partial charge in [-0.25, -0.2) is 0 Å². The molecule has 20 heavy (non-hydrogen) atoms. The molecule has 0 saturated heterocycles. The summed E-state index contributed by atoms with van der Waals surface area (Å²) in [6.07, 6.45) is 5.14. The van der Waals surface area contributed by atoms with E-state index in [9.17, 15) is 0 Å². The van der Waals surface area contributed by atoms with Crippen molar-refractivity contribution in [3.8, 4) is 5.75 Å². The predicted molar refractivity (Wildman–Crippen MR) is 88.8 cm³/mol. The number of hydrogen-bond donors (Lipinski definition) is 0. The first-order valence-electron chi connectivity index (χ1n) is 7.56. The van der Waals surface area contributed by atoms with Crippen molar-refractivity contribution in [1.82, 2.24) is 0 Å². The highest BCUT2D eigenvalue weighted by Gasteiger charge is 2.14. The minimum Gasteiger partial charge on any atom is -0.497 e. The van der Waals surface area contributed by atoms with Gasteiger partial charge in [0.25, 0.3) is 0 Å². The Bertz CT molecular complexity index is 351. The first kappa shape index (κ1) is 17.5. The van der Waals surface area contributed by atoms with E-state index in [1.165, 1.54) is 31.2 Å². The molecule has 114 valence electrons. The standard InChI is InChI=1S/C17H27BrO2/c1-4-6-7-14(5-2)13-20-17(12-18)15-8-10-16(19-3)11-9-15/h8-11,14,17H,4-7,12-13H2,1-3H3. The Morgan fingerprint density at radius 2 is 1.85 bits per heavy atom. The molecule has 1 aromatic rings. The van der Waals surface area contributed by atoms with E-state index >= 15 is 0 Å². The lowest BCUT2D eigenvalue weighted by Gasteiger charge is -2.21. The van der Waals surface area contributed by atoms with Crippen LogP contribution in [0.4, 0.5) is 0 Å². The molecule has 3 heteroatoms. The van der Waals surface area contributed by atoms with Crippen LogP contribution in [0.2, 0.25) is 0 Å². The molecule has 0 aliphatic heterocycles. The van der Waals surface area contributed by atoms with Gasteiger partial charge in [-0.05, 0) is 30.0 Å². The third-order valence-electron chi connectivity index (χ3n) is 3.70. The zero-order chi connectivity index (χ0) is 14.8. The van der Waals surface area contributed by atoms with E-state index in [4.69, 9.17) is 9.47 Å². The highest BCUT2D eigenvalue weighted by atomic mass is 79.9. The number of ether oxygens (including phenoxy) is 2. The van der Waals surface area contributed by atoms with Crippen LogP contribution in [-0.4, -0.2) is 19.0 Å². The highest BCUT2D eigenvalue weighted by molar-refractivity contribution is 9.09. The van der Waals surface area contributed by atoms with Gasteiger partial charge in [0.05, 0.1) is 19.8 Å². The third-order valence-corrected chi connectivity index (χ3v) is 4.29. The first-order chi connectivity index (χ1) is 9.74. The smallest absolute Gasteiger partial charge is 0.118 e. The lowest BCUT2D eigenvalue weighted by Crippen LogP contribution is -2.14. The van der Waals surface area contributed by atoms with Crippen LogP contribution in [0.15, 0.2) is 24.3 Å². The Morgan fingerprint density at radius 1 is 1.15 bits per heavy atom. The van der Waals surface area contributed by atoms with E-state index in [1.54, 1.807) is 7.11 Å². The number of methoxy groups -OCH3 is 1. The Labute approximate surface area is 132 Å². The summed E-state index contributed by atoms with van der Waals surface area (Å²) in [5.74, 6) is 1.56. The summed E-state index contributed by atoms with van der Waals surface area (Å²) in [6.45, 7) is 5.34. The minimum absolute atomic E-state index is 0.122. The van der Waals surface area contributed by atoms with Crippen molar-refractivity contribution in [3.05, 3.63) is 29.8 Å². The predicted octanol–water partition coefficient (Wildman–Crippen LogP) is 5.36. The fourth-order valence-electron chi connectivity index (χ4n) is 2.20. The van der Waals surface area contributed by atoms with Crippen LogP contribution in [-0.2, 0) is 4.74 Å². The lowest BCUT2D eigenvalue weighted by molar-refractivity contribution is 0.0393. The molecule has 0 aliphatic carbocycles. The van der Waals surface area contributed by atoms with E-state index < -0.39 is 0 Å². The van der Waals surface area contributed by atoms with Crippen molar-refractivity contribution in [2.75, 3.05) is 19.0 Å². The third kappa shape index (κ3) is 5.84. The average Bonchev–Trinajstić information content (AvgIpc) is 2.51. The second kappa shape index (κ2) is 10.2. The lowest BCUT2D eigenvalue weighted by atomic mass is 10.0. The molecule has 0 N–H and O–H groups in total. The highest BCUT2D eigenvalue weighted by Crippen LogP contribution is 2.24. The molecule has 0 heterocycles. The number of unbranched alkanes of at least 4 members (excludes halogenated alkanes) is 1. The number of hydrogen-bond acceptors (Lipinski definition) is 2. The number of alkyl halides is 1. The Hall–Kier alpha value is -0.540. The molecule has 2 atom stereocenters. The van der Waals surface area contributed by atoms with Crippen LogP contribution in [0.25, 0.3) is 0 Å². The van der Waals surface area contributed by atoms with Gasteiger partial charge in [0, 0.05) is 5.33 Å². The second-order valence-corrected chi connectivity index (χ2v) is 5.81. The molecule has 0 aromatic heterocycles. The van der Waals surface area contributed by atoms with E-state index in [-0.39, 0.29) is 6.10 Å². The fraction of sp³-hybridized carbons (Fsp3) is 0.647. The molecule has 1 rings (SSSR count). The normalized spacial score (nSPS) is 14.0. The van der Waals surface area contributed by atoms with Crippen LogP contribution >= 0.6 is 15.9 Å². The van der Waals surface area contributed by atoms with Gasteiger partial charge in [-0.15, -0.1) is 0 Å². The first-order valence-corrected chi connectivity index (χ1v) is 8.68. The summed E-state index contributed by atoms with van der Waals surface area (Å²) in [5.41, 5.74) is 1.20. The molecule has 0 fully saturated rings. The van der Waals surface area contributed by atoms with E-state index in [0.717, 1.165) is 17.7 Å². The summed E-state index contributed by atoms with van der Waals surface area (Å²) < 4.78 is 11.3. The summed E-state index contributed by atoms with van der Waals surface area (Å²) in [4.78, 5) is 0. The fourth-order valence-corrected chi connectivity index (χ4v) is 2.76. The zero-order valence-electron chi connectivity index (χ0n) is 12.9. The van der Waals surface area contributed by atoms with Crippen molar-refractivity contribution in [2.24, 2.45) is 5.92 Å². The van der Waals surface area contributed by atoms with Gasteiger partial charge in [-0.3, -0.25) is 0 Å². The second-order valence-electron chi connectivity index (χ2n) is 5.17. The van der Waals surface area contributed by atoms with Crippen molar-refractivity contribution in [2.45, 2.75) is 45.6 Å². The van der Waals surface area contributed by atoms with Gasteiger partial charge in [-0.2, -0.15) is 0 Å². The number of halogens is 1. The summed E-state index contributed by atoms with van der Waals surface area (Å²) >= 11 is 3.56. The molecular weight excluding hydrogens is 316 g/mol. The van der Waals surface area contributed by atoms with Gasteiger partial charge in [0.2, 0.25) is 0 Å². The summed E-state index contributed by atoms with van der Waals surface area (Å²) in [7, 11) is 1.69. The van der Waals surface area contributed by atoms with Gasteiger partial charge < -0.3 is 9.47 Å². The average molecular weight is 343 g/mol. The largest absolute Gasteiger partial charge is 0.497 e. The Morgan fingerprint density at radius 3 is 2.35 bits per heavy atom. The topological polar surface area (TPSA) is 18.5 Å². The van der Waals surface area contributed by atoms with Gasteiger partial charge in [0.1, 0.15) is 5.75 Å². The molecule has 0 saturated carbocycles. The van der Waals surface area contributed by atoms with Crippen molar-refractivity contribution in [1.29, 1.82) is 0 Å². The molecule has 2 nitrogen and oxygen atoms in total. The van der Waals surface area contributed by atoms with Crippen molar-refractivity contribution in [3.63, 3.8) is 0 Å². The molecule has 1 aromatic carbocycles. The molecule has 0 aliphatic rings. The van der Waals surface area contributed by atoms with Crippen LogP contribution in [0.1, 0.15) is 51.2 Å². The van der Waals surface area contributed by atoms with Crippen molar-refractivity contribution < 1.29 is 9.47 Å². The summed E-state index contributed by atoms with van der Waals surface area (Å²) in [5, 5.41) is 0.823. The quantitative estimate of drug-likeness (QED) is 0.532. The Kier molecular flexibility index (Phi) is 8.95. The van der Waals surface area contributed by atoms with E-state index in [0.29, 0.717) is 5.92 Å². The molecule has 0 bridgehead atoms. The minimum atomic E-state index is 0.122. The Balaban J connectivity index is 2.52. The van der Waals surface area contributed by atoms with E-state index in [1.807, 2.05) is 12.1 Å². The van der Waals surface area contributed by atoms with Gasteiger partial charge >= 0.3 is 0 Å². The monoisotopic (exact) mass is 342 g/mol. The van der Waals surface area contributed by atoms with Crippen LogP contribution in [0.3, 0.4) is 0 Å². The maximum atomic E-state index is 6.11. The zero-order valence-corrected chi connectivity index (χ0v) is 14.5. The summed E-state index contributed by atoms with van der Waals surface area (Å²) in [6, 6.07) is 8.14. The van der Waals surface area contributed by atoms with Crippen molar-refractivity contribution >= 4 is 15.9 Å². The van der Waals surface area contributed by atoms with Gasteiger partial charge in [0.15, 0.2) is 0 Å². The number of benzene rings is 1. The molecule has 0 spiro atoms. The molecule has 2 unspecified atom stereocenters. The SMILES string of the molecule is CCCCC(CC)COC(CBr)c1ccc(OC)cc1. The van der Waals surface area contributed by atoms with Crippen LogP contribution < -0.4 is 4.74 Å². The van der Waals surface area contributed by atoms with Gasteiger partial charge in [-0.1, -0.05) is 61.2 Å². The molecular formula is C17H27BrO2. The maximum Gasteiger partial charge on any atom is 0.118 e. The number of rotatable bonds is 10. The van der Waals surface area contributed by atoms with E-state index in [2.05, 4.69) is 41.9 Å². The molecule has 0 amide bonds. The van der Waals surface area contributed by atoms with Crippen LogP contribution in [0, 0.1) is 5.92 Å². The van der Waals surface area contributed by atoms with Crippen LogP contribution in [0.5, 0.6) is 5.75 Å².